The van der Waals surface area contributed by atoms with Crippen molar-refractivity contribution >= 4 is 26.6 Å². The molecule has 4 rings (SSSR count). The molecule has 5 nitrogen and oxygen atoms in total. The van der Waals surface area contributed by atoms with Crippen LogP contribution in [0.2, 0.25) is 0 Å². The minimum absolute atomic E-state index is 0.244. The second kappa shape index (κ2) is 5.22. The number of aryl methyl sites for hydroxylation is 1. The molecule has 0 unspecified atom stereocenters. The molecule has 1 aromatic heterocycles. The van der Waals surface area contributed by atoms with Crippen LogP contribution >= 0.6 is 0 Å². The first kappa shape index (κ1) is 13.5. The van der Waals surface area contributed by atoms with Crippen LogP contribution in [-0.2, 0) is 18.3 Å². The van der Waals surface area contributed by atoms with Crippen LogP contribution in [-0.4, -0.2) is 16.8 Å². The Hall–Kier alpha value is -2.20. The van der Waals surface area contributed by atoms with Gasteiger partial charge < -0.3 is 0 Å². The molecule has 0 radical (unpaired) electrons. The van der Waals surface area contributed by atoms with Crippen LogP contribution in [0.5, 0.6) is 11.5 Å². The summed E-state index contributed by atoms with van der Waals surface area (Å²) in [7, 11) is 0. The quantitative estimate of drug-likeness (QED) is 0.694. The molecule has 22 heavy (non-hydrogen) atoms. The fourth-order valence-electron chi connectivity index (χ4n) is 2.43. The molecule has 0 bridgehead atoms. The Balaban J connectivity index is 1.82. The third kappa shape index (κ3) is 2.20. The van der Waals surface area contributed by atoms with Crippen LogP contribution in [0.3, 0.4) is 0 Å². The molecule has 2 heterocycles. The van der Waals surface area contributed by atoms with E-state index in [-0.39, 0.29) is 6.79 Å². The van der Waals surface area contributed by atoms with Crippen LogP contribution in [0.25, 0.3) is 10.9 Å². The average Bonchev–Trinajstić information content (AvgIpc) is 2.99. The second-order valence-corrected chi connectivity index (χ2v) is 5.93. The number of ether oxygens (including phenoxy) is 2. The van der Waals surface area contributed by atoms with Gasteiger partial charge in [-0.3, -0.25) is 0 Å². The van der Waals surface area contributed by atoms with Crippen LogP contribution in [0.15, 0.2) is 36.7 Å². The molecule has 2 aromatic carbocycles. The summed E-state index contributed by atoms with van der Waals surface area (Å²) in [6.45, 7) is 2.31. The van der Waals surface area contributed by atoms with Gasteiger partial charge in [0.25, 0.3) is 0 Å². The van der Waals surface area contributed by atoms with Crippen LogP contribution in [0.1, 0.15) is 5.56 Å². The zero-order valence-corrected chi connectivity index (χ0v) is 13.5. The Morgan fingerprint density at radius 2 is 2.09 bits per heavy atom. The van der Waals surface area contributed by atoms with Gasteiger partial charge in [0.2, 0.25) is 0 Å². The van der Waals surface area contributed by atoms with Crippen molar-refractivity contribution in [3.05, 3.63) is 42.2 Å². The van der Waals surface area contributed by atoms with Gasteiger partial charge in [0.15, 0.2) is 0 Å². The van der Waals surface area contributed by atoms with Gasteiger partial charge in [-0.05, 0) is 0 Å². The SMILES string of the molecule is Cc1cc2ncnc(Nc3cccc4c3OCO4)c2c[c]1[Ru]. The van der Waals surface area contributed by atoms with Crippen molar-refractivity contribution < 1.29 is 27.8 Å². The molecule has 1 aliphatic heterocycles. The molecule has 1 aliphatic rings. The third-order valence-corrected chi connectivity index (χ3v) is 4.49. The van der Waals surface area contributed by atoms with Crippen LogP contribution in [0, 0.1) is 6.92 Å². The van der Waals surface area contributed by atoms with E-state index >= 15 is 0 Å². The summed E-state index contributed by atoms with van der Waals surface area (Å²) in [4.78, 5) is 8.72. The molecule has 0 fully saturated rings. The number of anilines is 2. The van der Waals surface area contributed by atoms with Crippen LogP contribution < -0.4 is 18.9 Å². The molecule has 3 aromatic rings. The molecular weight excluding hydrogens is 367 g/mol. The minimum atomic E-state index is 0.244. The van der Waals surface area contributed by atoms with E-state index in [1.165, 1.54) is 5.56 Å². The zero-order valence-electron chi connectivity index (χ0n) is 11.7. The number of rotatable bonds is 2. The van der Waals surface area contributed by atoms with Crippen molar-refractivity contribution in [2.75, 3.05) is 12.1 Å². The van der Waals surface area contributed by atoms with Crippen molar-refractivity contribution in [3.8, 4) is 11.5 Å². The maximum absolute atomic E-state index is 5.53. The van der Waals surface area contributed by atoms with Crippen molar-refractivity contribution in [2.45, 2.75) is 6.92 Å². The molecule has 0 aliphatic carbocycles. The van der Waals surface area contributed by atoms with Crippen LogP contribution in [0.4, 0.5) is 11.5 Å². The molecule has 0 atom stereocenters. The van der Waals surface area contributed by atoms with Gasteiger partial charge in [0.1, 0.15) is 0 Å². The molecule has 0 saturated heterocycles. The van der Waals surface area contributed by atoms with Gasteiger partial charge >= 0.3 is 137 Å². The van der Waals surface area contributed by atoms with Gasteiger partial charge in [0.05, 0.1) is 0 Å². The Morgan fingerprint density at radius 3 is 3.00 bits per heavy atom. The molecule has 0 amide bonds. The predicted molar refractivity (Wildman–Crippen MR) is 79.8 cm³/mol. The maximum atomic E-state index is 5.53. The molecule has 0 saturated carbocycles. The predicted octanol–water partition coefficient (Wildman–Crippen LogP) is 2.58. The Labute approximate surface area is 137 Å². The standard InChI is InChI=1S/C16H12N3O2.Ru/c1-10-5-6-11-13(7-10)17-8-18-16(11)19-12-3-2-4-14-15(12)21-9-20-14;/h2-4,6-8H,9H2,1H3,(H,17,18,19);. The normalized spacial score (nSPS) is 12.6. The van der Waals surface area contributed by atoms with E-state index in [0.717, 1.165) is 32.3 Å². The van der Waals surface area contributed by atoms with E-state index in [4.69, 9.17) is 9.47 Å². The van der Waals surface area contributed by atoms with Gasteiger partial charge in [-0.25, -0.2) is 0 Å². The van der Waals surface area contributed by atoms with Gasteiger partial charge in [-0.1, -0.05) is 0 Å². The fourth-order valence-corrected chi connectivity index (χ4v) is 2.81. The Morgan fingerprint density at radius 1 is 1.18 bits per heavy atom. The van der Waals surface area contributed by atoms with E-state index in [0.29, 0.717) is 5.75 Å². The number of hydrogen-bond donors (Lipinski definition) is 1. The van der Waals surface area contributed by atoms with Gasteiger partial charge in [0, 0.05) is 0 Å². The average molecular weight is 379 g/mol. The summed E-state index contributed by atoms with van der Waals surface area (Å²) in [6.07, 6.45) is 1.56. The molecule has 111 valence electrons. The number of hydrogen-bond acceptors (Lipinski definition) is 5. The Kier molecular flexibility index (Phi) is 3.19. The monoisotopic (exact) mass is 380 g/mol. The van der Waals surface area contributed by atoms with Gasteiger partial charge in [-0.2, -0.15) is 0 Å². The summed E-state index contributed by atoms with van der Waals surface area (Å²) in [5.41, 5.74) is 2.93. The van der Waals surface area contributed by atoms with E-state index < -0.39 is 0 Å². The zero-order chi connectivity index (χ0) is 15.1. The first-order valence-corrected chi connectivity index (χ1v) is 7.64. The second-order valence-electron chi connectivity index (χ2n) is 4.99. The fraction of sp³-hybridized carbons (Fsp3) is 0.125. The van der Waals surface area contributed by atoms with Gasteiger partial charge in [-0.15, -0.1) is 0 Å². The summed E-state index contributed by atoms with van der Waals surface area (Å²) < 4.78 is 12.1. The summed E-state index contributed by atoms with van der Waals surface area (Å²) in [6, 6.07) is 9.88. The number of nitrogens with one attached hydrogen (secondary N) is 1. The van der Waals surface area contributed by atoms with Crippen molar-refractivity contribution in [1.29, 1.82) is 0 Å². The van der Waals surface area contributed by atoms with E-state index in [9.17, 15) is 0 Å². The third-order valence-electron chi connectivity index (χ3n) is 3.55. The molecule has 6 heteroatoms. The first-order chi connectivity index (χ1) is 10.7. The summed E-state index contributed by atoms with van der Waals surface area (Å²) >= 11 is 2.64. The number of benzene rings is 2. The van der Waals surface area contributed by atoms with Crippen molar-refractivity contribution in [3.63, 3.8) is 0 Å². The van der Waals surface area contributed by atoms with Crippen molar-refractivity contribution in [1.82, 2.24) is 9.97 Å². The van der Waals surface area contributed by atoms with E-state index in [1.807, 2.05) is 18.2 Å². The number of fused-ring (bicyclic) bond motifs is 2. The van der Waals surface area contributed by atoms with E-state index in [2.05, 4.69) is 52.6 Å². The topological polar surface area (TPSA) is 56.3 Å². The Bertz CT molecular complexity index is 883. The summed E-state index contributed by atoms with van der Waals surface area (Å²) in [5.74, 6) is 2.21. The molecular formula is C16H12N3O2Ru. The van der Waals surface area contributed by atoms with E-state index in [1.54, 1.807) is 6.33 Å². The number of nitrogens with zero attached hydrogens (tertiary/aromatic N) is 2. The first-order valence-electron chi connectivity index (χ1n) is 6.77. The molecule has 0 spiro atoms. The summed E-state index contributed by atoms with van der Waals surface area (Å²) in [5, 5.41) is 4.30. The molecule has 1 N–H and O–H groups in total. The number of para-hydroxylation sites is 1. The van der Waals surface area contributed by atoms with Crippen molar-refractivity contribution in [2.24, 2.45) is 0 Å². The number of aromatic nitrogens is 2.